The van der Waals surface area contributed by atoms with Crippen molar-refractivity contribution in [3.8, 4) is 0 Å². The van der Waals surface area contributed by atoms with Gasteiger partial charge in [0.1, 0.15) is 17.2 Å². The fraction of sp³-hybridized carbons (Fsp3) is 0.364. The van der Waals surface area contributed by atoms with Crippen molar-refractivity contribution in [3.05, 3.63) is 34.9 Å². The summed E-state index contributed by atoms with van der Waals surface area (Å²) in [6, 6.07) is 2.33. The molecule has 16 heavy (non-hydrogen) atoms. The number of amides is 1. The maximum absolute atomic E-state index is 13.6. The predicted octanol–water partition coefficient (Wildman–Crippen LogP) is 1.34. The van der Waals surface area contributed by atoms with Crippen molar-refractivity contribution >= 4 is 5.91 Å². The van der Waals surface area contributed by atoms with Gasteiger partial charge >= 0.3 is 0 Å². The van der Waals surface area contributed by atoms with Gasteiger partial charge in [-0.1, -0.05) is 6.07 Å². The second-order valence-corrected chi connectivity index (χ2v) is 3.50. The van der Waals surface area contributed by atoms with Crippen LogP contribution < -0.4 is 0 Å². The summed E-state index contributed by atoms with van der Waals surface area (Å²) in [5, 5.41) is 8.64. The number of hydrogen-bond acceptors (Lipinski definition) is 2. The Morgan fingerprint density at radius 2 is 2.06 bits per heavy atom. The van der Waals surface area contributed by atoms with E-state index in [9.17, 15) is 13.6 Å². The maximum atomic E-state index is 13.6. The van der Waals surface area contributed by atoms with Gasteiger partial charge in [-0.05, 0) is 18.6 Å². The van der Waals surface area contributed by atoms with Gasteiger partial charge in [-0.15, -0.1) is 0 Å². The summed E-state index contributed by atoms with van der Waals surface area (Å²) < 4.78 is 26.9. The van der Waals surface area contributed by atoms with Gasteiger partial charge in [0, 0.05) is 13.6 Å². The van der Waals surface area contributed by atoms with Crippen LogP contribution in [0.5, 0.6) is 0 Å². The summed E-state index contributed by atoms with van der Waals surface area (Å²) in [4.78, 5) is 12.7. The molecule has 0 heterocycles. The number of likely N-dealkylation sites (N-methyl/N-ethyl adjacent to an activating group) is 1. The van der Waals surface area contributed by atoms with Crippen molar-refractivity contribution in [2.24, 2.45) is 0 Å². The molecule has 0 bridgehead atoms. The fourth-order valence-corrected chi connectivity index (χ4v) is 1.30. The molecule has 88 valence electrons. The van der Waals surface area contributed by atoms with E-state index in [0.717, 1.165) is 11.0 Å². The Bertz CT molecular complexity index is 407. The van der Waals surface area contributed by atoms with Gasteiger partial charge in [0.2, 0.25) is 0 Å². The van der Waals surface area contributed by atoms with Crippen LogP contribution in [0.2, 0.25) is 0 Å². The highest BCUT2D eigenvalue weighted by atomic mass is 19.1. The topological polar surface area (TPSA) is 40.5 Å². The van der Waals surface area contributed by atoms with Gasteiger partial charge in [-0.3, -0.25) is 4.79 Å². The minimum atomic E-state index is -0.891. The van der Waals surface area contributed by atoms with Crippen LogP contribution in [0.25, 0.3) is 0 Å². The van der Waals surface area contributed by atoms with E-state index in [-0.39, 0.29) is 18.7 Å². The number of nitrogens with zero attached hydrogens (tertiary/aromatic N) is 1. The molecule has 0 aliphatic carbocycles. The Kier molecular flexibility index (Phi) is 3.95. The van der Waals surface area contributed by atoms with Crippen LogP contribution in [0.1, 0.15) is 15.9 Å². The Morgan fingerprint density at radius 1 is 1.44 bits per heavy atom. The van der Waals surface area contributed by atoms with Gasteiger partial charge < -0.3 is 10.0 Å². The first-order valence-corrected chi connectivity index (χ1v) is 4.80. The van der Waals surface area contributed by atoms with Crippen LogP contribution in [0, 0.1) is 18.6 Å². The smallest absolute Gasteiger partial charge is 0.259 e. The van der Waals surface area contributed by atoms with E-state index in [1.807, 2.05) is 0 Å². The lowest BCUT2D eigenvalue weighted by Crippen LogP contribution is -2.31. The number of hydrogen-bond donors (Lipinski definition) is 1. The Morgan fingerprint density at radius 3 is 2.62 bits per heavy atom. The van der Waals surface area contributed by atoms with Gasteiger partial charge in [-0.2, -0.15) is 0 Å². The van der Waals surface area contributed by atoms with E-state index in [2.05, 4.69) is 0 Å². The van der Waals surface area contributed by atoms with Crippen LogP contribution in [-0.4, -0.2) is 36.1 Å². The number of benzene rings is 1. The summed E-state index contributed by atoms with van der Waals surface area (Å²) in [6.07, 6.45) is 0. The number of carbonyl (C=O) groups excluding carboxylic acids is 1. The van der Waals surface area contributed by atoms with Crippen LogP contribution in [0.3, 0.4) is 0 Å². The summed E-state index contributed by atoms with van der Waals surface area (Å²) in [7, 11) is 1.37. The zero-order valence-electron chi connectivity index (χ0n) is 9.13. The summed E-state index contributed by atoms with van der Waals surface area (Å²) in [5.74, 6) is -2.51. The normalized spacial score (nSPS) is 10.3. The van der Waals surface area contributed by atoms with Crippen molar-refractivity contribution < 1.29 is 18.7 Å². The number of aliphatic hydroxyl groups excluding tert-OH is 1. The molecule has 5 heteroatoms. The van der Waals surface area contributed by atoms with Gasteiger partial charge in [0.05, 0.1) is 6.61 Å². The zero-order valence-corrected chi connectivity index (χ0v) is 9.13. The van der Waals surface area contributed by atoms with Crippen molar-refractivity contribution in [3.63, 3.8) is 0 Å². The lowest BCUT2D eigenvalue weighted by molar-refractivity contribution is 0.0757. The molecule has 1 aromatic carbocycles. The molecule has 0 unspecified atom stereocenters. The fourth-order valence-electron chi connectivity index (χ4n) is 1.30. The molecule has 1 rings (SSSR count). The van der Waals surface area contributed by atoms with E-state index in [1.54, 1.807) is 0 Å². The molecule has 0 saturated carbocycles. The van der Waals surface area contributed by atoms with E-state index in [0.29, 0.717) is 0 Å². The number of carbonyl (C=O) groups is 1. The number of halogens is 2. The molecule has 1 aromatic rings. The molecular weight excluding hydrogens is 216 g/mol. The van der Waals surface area contributed by atoms with Gasteiger partial charge in [-0.25, -0.2) is 8.78 Å². The second-order valence-electron chi connectivity index (χ2n) is 3.50. The number of aliphatic hydroxyl groups is 1. The average molecular weight is 229 g/mol. The van der Waals surface area contributed by atoms with Crippen LogP contribution >= 0.6 is 0 Å². The van der Waals surface area contributed by atoms with Crippen molar-refractivity contribution in [2.75, 3.05) is 20.2 Å². The third-order valence-electron chi connectivity index (χ3n) is 2.28. The van der Waals surface area contributed by atoms with E-state index < -0.39 is 23.1 Å². The minimum Gasteiger partial charge on any atom is -0.395 e. The summed E-state index contributed by atoms with van der Waals surface area (Å²) in [6.45, 7) is 1.24. The molecule has 0 spiro atoms. The quantitative estimate of drug-likeness (QED) is 0.849. The first-order valence-electron chi connectivity index (χ1n) is 4.80. The molecule has 0 saturated heterocycles. The maximum Gasteiger partial charge on any atom is 0.259 e. The molecule has 1 N–H and O–H groups in total. The molecule has 0 atom stereocenters. The van der Waals surface area contributed by atoms with Crippen LogP contribution in [0.4, 0.5) is 8.78 Å². The number of rotatable bonds is 3. The standard InChI is InChI=1S/C11H13F2NO2/c1-7-3-4-8(12)9(10(7)13)11(16)14(2)5-6-15/h3-4,15H,5-6H2,1-2H3. The van der Waals surface area contributed by atoms with Gasteiger partial charge in [0.15, 0.2) is 0 Å². The predicted molar refractivity (Wildman–Crippen MR) is 55.1 cm³/mol. The molecule has 0 radical (unpaired) electrons. The van der Waals surface area contributed by atoms with Crippen molar-refractivity contribution in [1.82, 2.24) is 4.90 Å². The lowest BCUT2D eigenvalue weighted by atomic mass is 10.1. The van der Waals surface area contributed by atoms with Crippen molar-refractivity contribution in [1.29, 1.82) is 0 Å². The molecular formula is C11H13F2NO2. The van der Waals surface area contributed by atoms with E-state index in [1.165, 1.54) is 20.0 Å². The molecule has 1 amide bonds. The molecule has 0 aromatic heterocycles. The third-order valence-corrected chi connectivity index (χ3v) is 2.28. The first kappa shape index (κ1) is 12.6. The molecule has 3 nitrogen and oxygen atoms in total. The SMILES string of the molecule is Cc1ccc(F)c(C(=O)N(C)CCO)c1F. The minimum absolute atomic E-state index is 0.0334. The second kappa shape index (κ2) is 5.03. The molecule has 0 aliphatic rings. The monoisotopic (exact) mass is 229 g/mol. The van der Waals surface area contributed by atoms with E-state index in [4.69, 9.17) is 5.11 Å². The van der Waals surface area contributed by atoms with Crippen LogP contribution in [-0.2, 0) is 0 Å². The first-order chi connectivity index (χ1) is 7.49. The highest BCUT2D eigenvalue weighted by Crippen LogP contribution is 2.17. The van der Waals surface area contributed by atoms with Crippen molar-refractivity contribution in [2.45, 2.75) is 6.92 Å². The third kappa shape index (κ3) is 2.36. The molecule has 0 aliphatic heterocycles. The molecule has 0 fully saturated rings. The summed E-state index contributed by atoms with van der Waals surface area (Å²) in [5.41, 5.74) is -0.363. The lowest BCUT2D eigenvalue weighted by Gasteiger charge is -2.16. The zero-order chi connectivity index (χ0) is 12.3. The Labute approximate surface area is 92.3 Å². The highest BCUT2D eigenvalue weighted by molar-refractivity contribution is 5.94. The van der Waals surface area contributed by atoms with E-state index >= 15 is 0 Å². The largest absolute Gasteiger partial charge is 0.395 e. The Balaban J connectivity index is 3.12. The summed E-state index contributed by atoms with van der Waals surface area (Å²) >= 11 is 0. The van der Waals surface area contributed by atoms with Crippen LogP contribution in [0.15, 0.2) is 12.1 Å². The highest BCUT2D eigenvalue weighted by Gasteiger charge is 2.21. The average Bonchev–Trinajstić information content (AvgIpc) is 2.24. The van der Waals surface area contributed by atoms with Gasteiger partial charge in [0.25, 0.3) is 5.91 Å². The Hall–Kier alpha value is -1.49. The number of aryl methyl sites for hydroxylation is 1.